The summed E-state index contributed by atoms with van der Waals surface area (Å²) < 4.78 is 0. The minimum atomic E-state index is 0.904. The normalized spacial score (nSPS) is 14.9. The molecule has 6 nitrogen and oxygen atoms in total. The molecule has 0 unspecified atom stereocenters. The fourth-order valence-corrected chi connectivity index (χ4v) is 3.95. The SMILES string of the molecule is Cc1cccc(-c2[nH]ncc2-c2ccc3ncc(N4CCCNCC4)cc3c2)n1. The van der Waals surface area contributed by atoms with Gasteiger partial charge >= 0.3 is 0 Å². The van der Waals surface area contributed by atoms with Crippen molar-refractivity contribution >= 4 is 16.6 Å². The van der Waals surface area contributed by atoms with E-state index in [0.717, 1.165) is 71.7 Å². The van der Waals surface area contributed by atoms with Crippen molar-refractivity contribution in [3.63, 3.8) is 0 Å². The minimum Gasteiger partial charge on any atom is -0.369 e. The number of aromatic amines is 1. The monoisotopic (exact) mass is 384 g/mol. The van der Waals surface area contributed by atoms with Crippen LogP contribution in [0.2, 0.25) is 0 Å². The van der Waals surface area contributed by atoms with Gasteiger partial charge in [-0.2, -0.15) is 5.10 Å². The molecule has 0 atom stereocenters. The third-order valence-corrected chi connectivity index (χ3v) is 5.47. The van der Waals surface area contributed by atoms with Crippen LogP contribution in [-0.2, 0) is 0 Å². The predicted octanol–water partition coefficient (Wildman–Crippen LogP) is 3.80. The molecule has 3 aromatic heterocycles. The largest absolute Gasteiger partial charge is 0.369 e. The summed E-state index contributed by atoms with van der Waals surface area (Å²) in [6.45, 7) is 6.17. The van der Waals surface area contributed by atoms with E-state index in [2.05, 4.69) is 49.7 Å². The maximum atomic E-state index is 4.70. The number of rotatable bonds is 3. The molecule has 6 heteroatoms. The number of nitrogens with zero attached hydrogens (tertiary/aromatic N) is 4. The third-order valence-electron chi connectivity index (χ3n) is 5.47. The molecule has 2 N–H and O–H groups in total. The molecule has 4 heterocycles. The Bertz CT molecular complexity index is 1140. The van der Waals surface area contributed by atoms with Gasteiger partial charge in [-0.1, -0.05) is 12.1 Å². The summed E-state index contributed by atoms with van der Waals surface area (Å²) in [6.07, 6.45) is 5.02. The zero-order valence-electron chi connectivity index (χ0n) is 16.5. The first kappa shape index (κ1) is 17.8. The highest BCUT2D eigenvalue weighted by Crippen LogP contribution is 2.32. The number of aryl methyl sites for hydroxylation is 1. The van der Waals surface area contributed by atoms with E-state index in [1.807, 2.05) is 37.5 Å². The number of nitrogens with one attached hydrogen (secondary N) is 2. The van der Waals surface area contributed by atoms with Crippen molar-refractivity contribution in [1.82, 2.24) is 25.5 Å². The van der Waals surface area contributed by atoms with Gasteiger partial charge in [0.2, 0.25) is 0 Å². The van der Waals surface area contributed by atoms with Crippen molar-refractivity contribution in [2.45, 2.75) is 13.3 Å². The molecule has 1 aliphatic rings. The number of aromatic nitrogens is 4. The Morgan fingerprint density at radius 3 is 2.90 bits per heavy atom. The molecule has 5 rings (SSSR count). The zero-order valence-corrected chi connectivity index (χ0v) is 16.5. The molecule has 0 amide bonds. The second kappa shape index (κ2) is 7.64. The second-order valence-corrected chi connectivity index (χ2v) is 7.51. The fourth-order valence-electron chi connectivity index (χ4n) is 3.95. The minimum absolute atomic E-state index is 0.904. The van der Waals surface area contributed by atoms with Crippen LogP contribution in [0.4, 0.5) is 5.69 Å². The Hall–Kier alpha value is -3.25. The van der Waals surface area contributed by atoms with Crippen LogP contribution >= 0.6 is 0 Å². The average molecular weight is 384 g/mol. The van der Waals surface area contributed by atoms with Crippen molar-refractivity contribution in [1.29, 1.82) is 0 Å². The van der Waals surface area contributed by atoms with Crippen LogP contribution in [0.1, 0.15) is 12.1 Å². The van der Waals surface area contributed by atoms with Crippen molar-refractivity contribution < 1.29 is 0 Å². The molecular formula is C23H24N6. The quantitative estimate of drug-likeness (QED) is 0.562. The summed E-state index contributed by atoms with van der Waals surface area (Å²) in [5.74, 6) is 0. The van der Waals surface area contributed by atoms with Crippen LogP contribution in [0.5, 0.6) is 0 Å². The van der Waals surface area contributed by atoms with Gasteiger partial charge in [0.05, 0.1) is 35.0 Å². The Morgan fingerprint density at radius 2 is 1.97 bits per heavy atom. The van der Waals surface area contributed by atoms with Crippen molar-refractivity contribution in [2.24, 2.45) is 0 Å². The first-order chi connectivity index (χ1) is 14.3. The van der Waals surface area contributed by atoms with E-state index >= 15 is 0 Å². The number of fused-ring (bicyclic) bond motifs is 1. The molecule has 0 aliphatic carbocycles. The second-order valence-electron chi connectivity index (χ2n) is 7.51. The maximum absolute atomic E-state index is 4.70. The van der Waals surface area contributed by atoms with E-state index in [0.29, 0.717) is 0 Å². The van der Waals surface area contributed by atoms with Crippen LogP contribution in [0.25, 0.3) is 33.4 Å². The third kappa shape index (κ3) is 3.59. The Labute approximate surface area is 170 Å². The van der Waals surface area contributed by atoms with Gasteiger partial charge in [-0.3, -0.25) is 15.1 Å². The Morgan fingerprint density at radius 1 is 1.00 bits per heavy atom. The van der Waals surface area contributed by atoms with Crippen LogP contribution in [0.15, 0.2) is 54.9 Å². The van der Waals surface area contributed by atoms with Crippen molar-refractivity contribution in [2.75, 3.05) is 31.1 Å². The standard InChI is InChI=1S/C23H24N6/c1-16-4-2-5-22(27-16)23-20(15-26-28-23)17-6-7-21-18(12-17)13-19(14-25-21)29-10-3-8-24-9-11-29/h2,4-7,12-15,24H,3,8-11H2,1H3,(H,26,28). The van der Waals surface area contributed by atoms with E-state index in [1.54, 1.807) is 0 Å². The van der Waals surface area contributed by atoms with Gasteiger partial charge < -0.3 is 10.2 Å². The molecule has 0 bridgehead atoms. The summed E-state index contributed by atoms with van der Waals surface area (Å²) in [4.78, 5) is 11.8. The van der Waals surface area contributed by atoms with E-state index in [4.69, 9.17) is 4.98 Å². The number of pyridine rings is 2. The Balaban J connectivity index is 1.54. The summed E-state index contributed by atoms with van der Waals surface area (Å²) >= 11 is 0. The number of anilines is 1. The van der Waals surface area contributed by atoms with Crippen LogP contribution < -0.4 is 10.2 Å². The smallest absolute Gasteiger partial charge is 0.0912 e. The van der Waals surface area contributed by atoms with Crippen LogP contribution in [0, 0.1) is 6.92 Å². The van der Waals surface area contributed by atoms with E-state index in [-0.39, 0.29) is 0 Å². The molecule has 29 heavy (non-hydrogen) atoms. The summed E-state index contributed by atoms with van der Waals surface area (Å²) in [7, 11) is 0. The van der Waals surface area contributed by atoms with Crippen LogP contribution in [0.3, 0.4) is 0 Å². The zero-order chi connectivity index (χ0) is 19.6. The van der Waals surface area contributed by atoms with Crippen molar-refractivity contribution in [3.8, 4) is 22.5 Å². The van der Waals surface area contributed by atoms with Crippen molar-refractivity contribution in [3.05, 3.63) is 60.6 Å². The van der Waals surface area contributed by atoms with E-state index in [1.165, 1.54) is 5.69 Å². The van der Waals surface area contributed by atoms with Gasteiger partial charge in [-0.25, -0.2) is 0 Å². The lowest BCUT2D eigenvalue weighted by atomic mass is 10.0. The topological polar surface area (TPSA) is 69.7 Å². The lowest BCUT2D eigenvalue weighted by molar-refractivity contribution is 0.724. The number of benzene rings is 1. The van der Waals surface area contributed by atoms with Gasteiger partial charge in [0, 0.05) is 36.3 Å². The molecular weight excluding hydrogens is 360 g/mol. The molecule has 4 aromatic rings. The number of H-pyrrole nitrogens is 1. The van der Waals surface area contributed by atoms with E-state index < -0.39 is 0 Å². The highest BCUT2D eigenvalue weighted by atomic mass is 15.2. The fraction of sp³-hybridized carbons (Fsp3) is 0.261. The van der Waals surface area contributed by atoms with E-state index in [9.17, 15) is 0 Å². The first-order valence-electron chi connectivity index (χ1n) is 10.1. The molecule has 0 radical (unpaired) electrons. The summed E-state index contributed by atoms with van der Waals surface area (Å²) in [6, 6.07) is 14.7. The molecule has 1 aliphatic heterocycles. The lowest BCUT2D eigenvalue weighted by Crippen LogP contribution is -2.27. The highest BCUT2D eigenvalue weighted by Gasteiger charge is 2.14. The first-order valence-corrected chi connectivity index (χ1v) is 10.1. The van der Waals surface area contributed by atoms with Gasteiger partial charge in [-0.05, 0) is 55.8 Å². The number of hydrogen-bond donors (Lipinski definition) is 2. The molecule has 1 fully saturated rings. The Kier molecular flexibility index (Phi) is 4.69. The number of hydrogen-bond acceptors (Lipinski definition) is 5. The summed E-state index contributed by atoms with van der Waals surface area (Å²) in [5, 5.41) is 12.0. The molecule has 1 saturated heterocycles. The van der Waals surface area contributed by atoms with Gasteiger partial charge in [0.15, 0.2) is 0 Å². The summed E-state index contributed by atoms with van der Waals surface area (Å²) in [5.41, 5.74) is 7.19. The average Bonchev–Trinajstić information content (AvgIpc) is 3.08. The molecule has 0 spiro atoms. The van der Waals surface area contributed by atoms with Gasteiger partial charge in [0.25, 0.3) is 0 Å². The highest BCUT2D eigenvalue weighted by molar-refractivity contribution is 5.89. The van der Waals surface area contributed by atoms with Crippen LogP contribution in [-0.4, -0.2) is 46.3 Å². The van der Waals surface area contributed by atoms with Gasteiger partial charge in [0.1, 0.15) is 0 Å². The molecule has 0 saturated carbocycles. The molecule has 146 valence electrons. The van der Waals surface area contributed by atoms with Gasteiger partial charge in [-0.15, -0.1) is 0 Å². The lowest BCUT2D eigenvalue weighted by Gasteiger charge is -2.22. The predicted molar refractivity (Wildman–Crippen MR) is 117 cm³/mol. The maximum Gasteiger partial charge on any atom is 0.0912 e. The molecule has 1 aromatic carbocycles.